The smallest absolute Gasteiger partial charge is 0.119 e. The predicted molar refractivity (Wildman–Crippen MR) is 275 cm³/mol. The minimum atomic E-state index is 0.624. The Kier molecular flexibility index (Phi) is 15.1. The molecule has 1 fully saturated rings. The van der Waals surface area contributed by atoms with Crippen LogP contribution in [0.15, 0.2) is 133 Å². The molecule has 3 heterocycles. The maximum atomic E-state index is 6.06. The number of aromatic nitrogens is 2. The lowest BCUT2D eigenvalue weighted by molar-refractivity contribution is 0.205. The molecular weight excluding hydrogens is 818 g/mol. The standard InChI is InChI=1S/C32H38N2O.C27H28ClNO/c1-24-8-13-28(14-9-24)32-26(3)30-22-25(2)10-17-31(30)34(32)23-27-11-15-29(16-12-27)35-21-7-20-33-18-5-4-6-19-33;1-19-5-10-23(11-6-19)27-21(3)25-17-20(2)7-14-26(25)29(27)18-22-8-12-24(13-9-22)30-16-4-15-28/h8-17,22H,4-7,18-21,23H2,1-3H3;5-14,17H,4,15-16,18H2,1-3H3. The zero-order chi connectivity index (χ0) is 45.3. The molecule has 8 aromatic rings. The van der Waals surface area contributed by atoms with Crippen LogP contribution in [-0.4, -0.2) is 52.8 Å². The molecule has 9 rings (SSSR count). The Morgan fingerprint density at radius 1 is 0.462 bits per heavy atom. The normalized spacial score (nSPS) is 13.0. The summed E-state index contributed by atoms with van der Waals surface area (Å²) in [6.45, 7) is 19.9. The van der Waals surface area contributed by atoms with Crippen molar-refractivity contribution in [3.05, 3.63) is 178 Å². The molecule has 0 spiro atoms. The third-order valence-electron chi connectivity index (χ3n) is 13.0. The van der Waals surface area contributed by atoms with Crippen molar-refractivity contribution in [1.82, 2.24) is 14.0 Å². The first-order valence-corrected chi connectivity index (χ1v) is 24.2. The van der Waals surface area contributed by atoms with Crippen molar-refractivity contribution in [2.45, 2.75) is 86.7 Å². The van der Waals surface area contributed by atoms with Crippen molar-refractivity contribution in [3.63, 3.8) is 0 Å². The molecule has 0 atom stereocenters. The maximum Gasteiger partial charge on any atom is 0.119 e. The molecule has 2 aromatic heterocycles. The Balaban J connectivity index is 0.000000179. The fourth-order valence-corrected chi connectivity index (χ4v) is 9.53. The van der Waals surface area contributed by atoms with Crippen molar-refractivity contribution in [2.24, 2.45) is 0 Å². The van der Waals surface area contributed by atoms with Crippen molar-refractivity contribution in [2.75, 3.05) is 38.7 Å². The number of piperidine rings is 1. The number of aryl methyl sites for hydroxylation is 6. The number of nitrogens with zero attached hydrogens (tertiary/aromatic N) is 3. The maximum absolute atomic E-state index is 6.06. The molecule has 0 radical (unpaired) electrons. The fourth-order valence-electron chi connectivity index (χ4n) is 9.42. The quantitative estimate of drug-likeness (QED) is 0.0759. The molecule has 65 heavy (non-hydrogen) atoms. The first-order chi connectivity index (χ1) is 31.6. The molecular formula is C59H66ClN3O2. The van der Waals surface area contributed by atoms with Gasteiger partial charge < -0.3 is 23.5 Å². The van der Waals surface area contributed by atoms with Gasteiger partial charge in [0.2, 0.25) is 0 Å². The lowest BCUT2D eigenvalue weighted by atomic mass is 10.0. The molecule has 0 N–H and O–H groups in total. The van der Waals surface area contributed by atoms with Crippen molar-refractivity contribution < 1.29 is 9.47 Å². The fraction of sp³-hybridized carbons (Fsp3) is 0.322. The van der Waals surface area contributed by atoms with Gasteiger partial charge in [-0.2, -0.15) is 0 Å². The first kappa shape index (κ1) is 45.8. The van der Waals surface area contributed by atoms with Crippen LogP contribution in [0.25, 0.3) is 44.3 Å². The van der Waals surface area contributed by atoms with E-state index in [2.05, 4.69) is 189 Å². The minimum Gasteiger partial charge on any atom is -0.494 e. The van der Waals surface area contributed by atoms with E-state index in [1.54, 1.807) is 0 Å². The van der Waals surface area contributed by atoms with Crippen LogP contribution in [0, 0.1) is 41.5 Å². The highest BCUT2D eigenvalue weighted by molar-refractivity contribution is 6.17. The van der Waals surface area contributed by atoms with E-state index < -0.39 is 0 Å². The molecule has 5 nitrogen and oxygen atoms in total. The molecule has 0 aliphatic carbocycles. The number of likely N-dealkylation sites (tertiary alicyclic amines) is 1. The third-order valence-corrected chi connectivity index (χ3v) is 13.3. The zero-order valence-corrected chi connectivity index (χ0v) is 40.2. The predicted octanol–water partition coefficient (Wildman–Crippen LogP) is 14.8. The van der Waals surface area contributed by atoms with Crippen molar-refractivity contribution >= 4 is 33.4 Å². The average molecular weight is 885 g/mol. The van der Waals surface area contributed by atoms with Crippen LogP contribution < -0.4 is 9.47 Å². The summed E-state index contributed by atoms with van der Waals surface area (Å²) in [4.78, 5) is 2.58. The number of halogens is 1. The molecule has 6 aromatic carbocycles. The van der Waals surface area contributed by atoms with Crippen LogP contribution in [0.5, 0.6) is 11.5 Å². The summed E-state index contributed by atoms with van der Waals surface area (Å²) in [6.07, 6.45) is 6.05. The van der Waals surface area contributed by atoms with Gasteiger partial charge in [-0.3, -0.25) is 0 Å². The second-order valence-corrected chi connectivity index (χ2v) is 18.6. The highest BCUT2D eigenvalue weighted by Gasteiger charge is 2.18. The second kappa shape index (κ2) is 21.5. The van der Waals surface area contributed by atoms with E-state index in [0.717, 1.165) is 50.6 Å². The number of hydrogen-bond acceptors (Lipinski definition) is 3. The summed E-state index contributed by atoms with van der Waals surface area (Å²) >= 11 is 5.73. The van der Waals surface area contributed by atoms with Gasteiger partial charge in [-0.1, -0.05) is 114 Å². The number of benzene rings is 6. The van der Waals surface area contributed by atoms with Gasteiger partial charge in [-0.15, -0.1) is 11.6 Å². The van der Waals surface area contributed by atoms with Gasteiger partial charge in [-0.25, -0.2) is 0 Å². The summed E-state index contributed by atoms with van der Waals surface area (Å²) in [7, 11) is 0. The molecule has 0 bridgehead atoms. The minimum absolute atomic E-state index is 0.624. The van der Waals surface area contributed by atoms with Gasteiger partial charge in [-0.05, 0) is 162 Å². The van der Waals surface area contributed by atoms with Gasteiger partial charge in [0.15, 0.2) is 0 Å². The first-order valence-electron chi connectivity index (χ1n) is 23.7. The van der Waals surface area contributed by atoms with Crippen molar-refractivity contribution in [3.8, 4) is 34.0 Å². The second-order valence-electron chi connectivity index (χ2n) is 18.2. The molecule has 336 valence electrons. The Labute approximate surface area is 392 Å². The van der Waals surface area contributed by atoms with Crippen LogP contribution in [0.2, 0.25) is 0 Å². The van der Waals surface area contributed by atoms with Gasteiger partial charge in [0.1, 0.15) is 11.5 Å². The van der Waals surface area contributed by atoms with E-state index in [-0.39, 0.29) is 0 Å². The summed E-state index contributed by atoms with van der Waals surface area (Å²) in [5, 5.41) is 2.67. The number of hydrogen-bond donors (Lipinski definition) is 0. The Hall–Kier alpha value is -5.75. The molecule has 0 unspecified atom stereocenters. The number of rotatable bonds is 15. The van der Waals surface area contributed by atoms with E-state index in [4.69, 9.17) is 21.1 Å². The summed E-state index contributed by atoms with van der Waals surface area (Å²) < 4.78 is 16.7. The lowest BCUT2D eigenvalue weighted by Gasteiger charge is -2.26. The average Bonchev–Trinajstić information content (AvgIpc) is 3.74. The Morgan fingerprint density at radius 2 is 0.877 bits per heavy atom. The van der Waals surface area contributed by atoms with Gasteiger partial charge in [0.05, 0.1) is 24.6 Å². The van der Waals surface area contributed by atoms with E-state index in [0.29, 0.717) is 12.5 Å². The molecule has 6 heteroatoms. The zero-order valence-electron chi connectivity index (χ0n) is 39.4. The molecule has 1 aliphatic heterocycles. The highest BCUT2D eigenvalue weighted by atomic mass is 35.5. The van der Waals surface area contributed by atoms with E-state index in [1.165, 1.54) is 121 Å². The van der Waals surface area contributed by atoms with Crippen LogP contribution in [-0.2, 0) is 13.1 Å². The van der Waals surface area contributed by atoms with Crippen molar-refractivity contribution in [1.29, 1.82) is 0 Å². The van der Waals surface area contributed by atoms with Gasteiger partial charge in [0, 0.05) is 47.3 Å². The summed E-state index contributed by atoms with van der Waals surface area (Å²) in [5.41, 5.74) is 18.1. The Bertz CT molecular complexity index is 2790. The number of ether oxygens (including phenoxy) is 2. The molecule has 0 amide bonds. The number of alkyl halides is 1. The van der Waals surface area contributed by atoms with Crippen LogP contribution in [0.3, 0.4) is 0 Å². The van der Waals surface area contributed by atoms with Crippen LogP contribution in [0.4, 0.5) is 0 Å². The van der Waals surface area contributed by atoms with E-state index >= 15 is 0 Å². The van der Waals surface area contributed by atoms with Gasteiger partial charge >= 0.3 is 0 Å². The van der Waals surface area contributed by atoms with Gasteiger partial charge in [0.25, 0.3) is 0 Å². The summed E-state index contributed by atoms with van der Waals surface area (Å²) in [6, 6.07) is 48.4. The molecule has 1 saturated heterocycles. The molecule has 1 aliphatic rings. The monoisotopic (exact) mass is 883 g/mol. The Morgan fingerprint density at radius 3 is 1.31 bits per heavy atom. The van der Waals surface area contributed by atoms with Crippen LogP contribution >= 0.6 is 11.6 Å². The third kappa shape index (κ3) is 11.2. The topological polar surface area (TPSA) is 31.6 Å². The van der Waals surface area contributed by atoms with Crippen LogP contribution in [0.1, 0.15) is 76.6 Å². The van der Waals surface area contributed by atoms with E-state index in [1.807, 2.05) is 0 Å². The largest absolute Gasteiger partial charge is 0.494 e. The van der Waals surface area contributed by atoms with E-state index in [9.17, 15) is 0 Å². The summed E-state index contributed by atoms with van der Waals surface area (Å²) in [5.74, 6) is 2.49. The SMILES string of the molecule is Cc1ccc(-c2c(C)c3cc(C)ccc3n2Cc2ccc(OCCCCl)cc2)cc1.Cc1ccc(-c2c(C)c3cc(C)ccc3n2Cc2ccc(OCCCN3CCCCC3)cc2)cc1. The lowest BCUT2D eigenvalue weighted by Crippen LogP contribution is -2.31. The molecule has 0 saturated carbocycles. The number of fused-ring (bicyclic) bond motifs is 2. The highest BCUT2D eigenvalue weighted by Crippen LogP contribution is 2.36.